The SMILES string of the molecule is CCOCN1CCc2c(cccc2Nc2ccc(C)c(OCc3ccccc3)c2)C1.O.[HH]. The van der Waals surface area contributed by atoms with E-state index in [1.54, 1.807) is 0 Å². The van der Waals surface area contributed by atoms with Gasteiger partial charge in [0, 0.05) is 38.6 Å². The van der Waals surface area contributed by atoms with E-state index in [0.29, 0.717) is 13.3 Å². The Balaban J connectivity index is 0.00000181. The van der Waals surface area contributed by atoms with Crippen molar-refractivity contribution >= 4 is 11.4 Å². The third-order valence-corrected chi connectivity index (χ3v) is 5.53. The van der Waals surface area contributed by atoms with Gasteiger partial charge in [-0.05, 0) is 54.7 Å². The third kappa shape index (κ3) is 5.85. The van der Waals surface area contributed by atoms with E-state index in [1.807, 2.05) is 25.1 Å². The summed E-state index contributed by atoms with van der Waals surface area (Å²) in [6.45, 7) is 8.11. The number of hydrogen-bond donors (Lipinski definition) is 1. The fourth-order valence-electron chi connectivity index (χ4n) is 3.84. The van der Waals surface area contributed by atoms with E-state index in [0.717, 1.165) is 43.1 Å². The van der Waals surface area contributed by atoms with Crippen molar-refractivity contribution in [3.05, 3.63) is 89.0 Å². The summed E-state index contributed by atoms with van der Waals surface area (Å²) in [7, 11) is 0. The van der Waals surface area contributed by atoms with Crippen LogP contribution in [0.15, 0.2) is 66.7 Å². The Kier molecular flexibility index (Phi) is 8.06. The van der Waals surface area contributed by atoms with Gasteiger partial charge >= 0.3 is 0 Å². The smallest absolute Gasteiger partial charge is 0.124 e. The molecule has 31 heavy (non-hydrogen) atoms. The number of fused-ring (bicyclic) bond motifs is 1. The molecule has 1 aliphatic rings. The summed E-state index contributed by atoms with van der Waals surface area (Å²) < 4.78 is 11.7. The molecule has 3 aromatic carbocycles. The van der Waals surface area contributed by atoms with E-state index < -0.39 is 0 Å². The Bertz CT molecular complexity index is 982. The van der Waals surface area contributed by atoms with Crippen molar-refractivity contribution < 1.29 is 16.4 Å². The molecule has 5 heteroatoms. The summed E-state index contributed by atoms with van der Waals surface area (Å²) in [6.07, 6.45) is 1.02. The zero-order valence-electron chi connectivity index (χ0n) is 18.4. The topological polar surface area (TPSA) is 65.2 Å². The van der Waals surface area contributed by atoms with Crippen molar-refractivity contribution in [1.29, 1.82) is 0 Å². The van der Waals surface area contributed by atoms with Gasteiger partial charge in [-0.15, -0.1) is 0 Å². The summed E-state index contributed by atoms with van der Waals surface area (Å²) in [5, 5.41) is 3.63. The molecular weight excluding hydrogens is 388 g/mol. The van der Waals surface area contributed by atoms with Crippen LogP contribution in [-0.4, -0.2) is 30.3 Å². The molecule has 0 spiro atoms. The first-order chi connectivity index (χ1) is 14.7. The highest BCUT2D eigenvalue weighted by molar-refractivity contribution is 5.67. The monoisotopic (exact) mass is 422 g/mol. The average molecular weight is 423 g/mol. The van der Waals surface area contributed by atoms with E-state index in [1.165, 1.54) is 22.4 Å². The number of nitrogens with zero attached hydrogens (tertiary/aromatic N) is 1. The van der Waals surface area contributed by atoms with Crippen molar-refractivity contribution in [2.75, 3.05) is 25.2 Å². The number of aryl methyl sites for hydroxylation is 1. The Morgan fingerprint density at radius 3 is 2.68 bits per heavy atom. The molecule has 1 heterocycles. The molecule has 1 aliphatic heterocycles. The first-order valence-electron chi connectivity index (χ1n) is 10.7. The Morgan fingerprint density at radius 1 is 1.03 bits per heavy atom. The Morgan fingerprint density at radius 2 is 1.87 bits per heavy atom. The third-order valence-electron chi connectivity index (χ3n) is 5.53. The number of benzene rings is 3. The molecular formula is C26H34N2O3. The van der Waals surface area contributed by atoms with Gasteiger partial charge in [-0.25, -0.2) is 0 Å². The largest absolute Gasteiger partial charge is 0.489 e. The van der Waals surface area contributed by atoms with Crippen LogP contribution in [0, 0.1) is 6.92 Å². The lowest BCUT2D eigenvalue weighted by molar-refractivity contribution is 0.0280. The number of hydrogen-bond acceptors (Lipinski definition) is 4. The molecule has 166 valence electrons. The maximum absolute atomic E-state index is 6.10. The molecule has 0 atom stereocenters. The van der Waals surface area contributed by atoms with Crippen molar-refractivity contribution in [2.45, 2.75) is 33.4 Å². The molecule has 3 N–H and O–H groups in total. The van der Waals surface area contributed by atoms with E-state index in [9.17, 15) is 0 Å². The van der Waals surface area contributed by atoms with Gasteiger partial charge in [0.25, 0.3) is 0 Å². The number of anilines is 2. The van der Waals surface area contributed by atoms with Crippen molar-refractivity contribution in [1.82, 2.24) is 4.90 Å². The lowest BCUT2D eigenvalue weighted by atomic mass is 9.98. The summed E-state index contributed by atoms with van der Waals surface area (Å²) in [5.41, 5.74) is 7.31. The second-order valence-corrected chi connectivity index (χ2v) is 7.75. The molecule has 3 aromatic rings. The lowest BCUT2D eigenvalue weighted by Crippen LogP contribution is -2.32. The number of nitrogens with one attached hydrogen (secondary N) is 1. The maximum Gasteiger partial charge on any atom is 0.124 e. The second-order valence-electron chi connectivity index (χ2n) is 7.75. The summed E-state index contributed by atoms with van der Waals surface area (Å²) in [5.74, 6) is 0.913. The van der Waals surface area contributed by atoms with Crippen LogP contribution in [0.2, 0.25) is 0 Å². The highest BCUT2D eigenvalue weighted by Crippen LogP contribution is 2.31. The highest BCUT2D eigenvalue weighted by Gasteiger charge is 2.18. The molecule has 0 aromatic heterocycles. The van der Waals surface area contributed by atoms with Crippen LogP contribution in [0.5, 0.6) is 5.75 Å². The van der Waals surface area contributed by atoms with Gasteiger partial charge < -0.3 is 20.3 Å². The van der Waals surface area contributed by atoms with Crippen LogP contribution < -0.4 is 10.1 Å². The van der Waals surface area contributed by atoms with Crippen LogP contribution in [0.1, 0.15) is 30.6 Å². The maximum atomic E-state index is 6.10. The normalized spacial score (nSPS) is 13.2. The molecule has 0 aliphatic carbocycles. The number of rotatable bonds is 8. The van der Waals surface area contributed by atoms with E-state index in [4.69, 9.17) is 9.47 Å². The molecule has 0 saturated carbocycles. The second kappa shape index (κ2) is 11.0. The first-order valence-corrected chi connectivity index (χ1v) is 10.7. The Hall–Kier alpha value is -2.86. The summed E-state index contributed by atoms with van der Waals surface area (Å²) in [6, 6.07) is 23.1. The van der Waals surface area contributed by atoms with Crippen LogP contribution in [0.25, 0.3) is 0 Å². The van der Waals surface area contributed by atoms with Crippen molar-refractivity contribution in [2.24, 2.45) is 0 Å². The van der Waals surface area contributed by atoms with Gasteiger partial charge in [0.2, 0.25) is 0 Å². The predicted molar refractivity (Wildman–Crippen MR) is 128 cm³/mol. The zero-order chi connectivity index (χ0) is 20.8. The van der Waals surface area contributed by atoms with Gasteiger partial charge in [0.1, 0.15) is 12.4 Å². The van der Waals surface area contributed by atoms with Crippen LogP contribution in [-0.2, 0) is 24.3 Å². The highest BCUT2D eigenvalue weighted by atomic mass is 16.5. The van der Waals surface area contributed by atoms with Crippen LogP contribution in [0.4, 0.5) is 11.4 Å². The fourth-order valence-corrected chi connectivity index (χ4v) is 3.84. The van der Waals surface area contributed by atoms with Gasteiger partial charge in [-0.2, -0.15) is 0 Å². The molecule has 4 rings (SSSR count). The zero-order valence-corrected chi connectivity index (χ0v) is 18.4. The quantitative estimate of drug-likeness (QED) is 0.549. The lowest BCUT2D eigenvalue weighted by Gasteiger charge is -2.29. The minimum absolute atomic E-state index is 0. The molecule has 0 radical (unpaired) electrons. The van der Waals surface area contributed by atoms with Gasteiger partial charge in [-0.3, -0.25) is 4.90 Å². The summed E-state index contributed by atoms with van der Waals surface area (Å²) in [4.78, 5) is 2.36. The molecule has 0 bridgehead atoms. The van der Waals surface area contributed by atoms with Crippen molar-refractivity contribution in [3.63, 3.8) is 0 Å². The minimum Gasteiger partial charge on any atom is -0.489 e. The molecule has 5 nitrogen and oxygen atoms in total. The van der Waals surface area contributed by atoms with E-state index in [-0.39, 0.29) is 6.90 Å². The average Bonchev–Trinajstić information content (AvgIpc) is 2.78. The summed E-state index contributed by atoms with van der Waals surface area (Å²) >= 11 is 0. The number of ether oxygens (including phenoxy) is 2. The Labute approximate surface area is 186 Å². The van der Waals surface area contributed by atoms with Crippen LogP contribution in [0.3, 0.4) is 0 Å². The fraction of sp³-hybridized carbons (Fsp3) is 0.308. The van der Waals surface area contributed by atoms with E-state index in [2.05, 4.69) is 65.7 Å². The van der Waals surface area contributed by atoms with E-state index >= 15 is 0 Å². The standard InChI is InChI=1S/C26H30N2O2.H2O.H2/c1-3-29-19-28-15-14-24-22(17-28)10-7-11-25(24)27-23-13-12-20(2)26(16-23)30-18-21-8-5-4-6-9-21;;/h4-13,16,27H,3,14-15,17-19H2,1-2H3;1H2;1H. The molecule has 0 unspecified atom stereocenters. The van der Waals surface area contributed by atoms with Gasteiger partial charge in [-0.1, -0.05) is 48.5 Å². The molecule has 0 amide bonds. The van der Waals surface area contributed by atoms with Crippen molar-refractivity contribution in [3.8, 4) is 5.75 Å². The minimum atomic E-state index is 0. The predicted octanol–water partition coefficient (Wildman–Crippen LogP) is 5.09. The van der Waals surface area contributed by atoms with Gasteiger partial charge in [0.15, 0.2) is 0 Å². The molecule has 0 fully saturated rings. The molecule has 0 saturated heterocycles. The van der Waals surface area contributed by atoms with Crippen LogP contribution >= 0.6 is 0 Å². The van der Waals surface area contributed by atoms with Gasteiger partial charge in [0.05, 0.1) is 6.73 Å². The first kappa shape index (κ1) is 22.8.